The molecule has 3 aromatic carbocycles. The van der Waals surface area contributed by atoms with Crippen LogP contribution in [0.4, 0.5) is 18.9 Å². The van der Waals surface area contributed by atoms with Gasteiger partial charge in [-0.2, -0.15) is 4.99 Å². The second kappa shape index (κ2) is 10.7. The van der Waals surface area contributed by atoms with Crippen LogP contribution in [0.5, 0.6) is 0 Å². The van der Waals surface area contributed by atoms with Gasteiger partial charge in [0.1, 0.15) is 11.5 Å². The molecule has 0 aliphatic carbocycles. The molecule has 0 aliphatic rings. The van der Waals surface area contributed by atoms with Crippen LogP contribution in [-0.4, -0.2) is 5.16 Å². The van der Waals surface area contributed by atoms with Crippen molar-refractivity contribution in [3.63, 3.8) is 0 Å². The Balaban J connectivity index is 1.79. The van der Waals surface area contributed by atoms with Crippen molar-refractivity contribution in [1.82, 2.24) is 0 Å². The molecule has 0 fully saturated rings. The Morgan fingerprint density at radius 1 is 0.806 bits per heavy atom. The number of hydrogen-bond donors (Lipinski definition) is 0. The molecule has 0 aliphatic heterocycles. The SMILES string of the molecule is CCCCCc1ccc(C#Cc2ccc(-c3cc(F)c(N=C=S)c(F)c3)c(F)c2)cc1. The van der Waals surface area contributed by atoms with Crippen molar-refractivity contribution in [2.24, 2.45) is 4.99 Å². The third kappa shape index (κ3) is 5.92. The standard InChI is InChI=1S/C26H20F3NS/c1-2-3-4-5-18-6-8-19(9-7-18)10-11-20-12-13-22(23(27)14-20)21-15-24(28)26(30-17-31)25(29)16-21/h6-9,12-16H,2-5H2,1H3. The first kappa shape index (κ1) is 22.5. The van der Waals surface area contributed by atoms with Crippen LogP contribution in [0.25, 0.3) is 11.1 Å². The largest absolute Gasteiger partial charge is 0.206 e. The molecule has 156 valence electrons. The monoisotopic (exact) mass is 435 g/mol. The van der Waals surface area contributed by atoms with E-state index in [0.717, 1.165) is 24.1 Å². The topological polar surface area (TPSA) is 12.4 Å². The molecule has 3 rings (SSSR count). The molecule has 0 unspecified atom stereocenters. The fourth-order valence-electron chi connectivity index (χ4n) is 3.18. The first-order chi connectivity index (χ1) is 15.0. The maximum absolute atomic E-state index is 14.6. The van der Waals surface area contributed by atoms with Crippen LogP contribution < -0.4 is 0 Å². The molecule has 0 atom stereocenters. The van der Waals surface area contributed by atoms with E-state index in [-0.39, 0.29) is 11.1 Å². The summed E-state index contributed by atoms with van der Waals surface area (Å²) in [6, 6.07) is 14.4. The molecule has 0 saturated heterocycles. The Hall–Kier alpha value is -3.19. The minimum Gasteiger partial charge on any atom is -0.206 e. The number of nitrogens with zero attached hydrogens (tertiary/aromatic N) is 1. The van der Waals surface area contributed by atoms with E-state index in [9.17, 15) is 13.2 Å². The summed E-state index contributed by atoms with van der Waals surface area (Å²) in [6.07, 6.45) is 4.63. The van der Waals surface area contributed by atoms with E-state index in [1.807, 2.05) is 17.3 Å². The quantitative estimate of drug-likeness (QED) is 0.168. The summed E-state index contributed by atoms with van der Waals surface area (Å²) >= 11 is 4.38. The third-order valence-electron chi connectivity index (χ3n) is 4.83. The van der Waals surface area contributed by atoms with Crippen LogP contribution in [0.2, 0.25) is 0 Å². The normalized spacial score (nSPS) is 10.2. The maximum atomic E-state index is 14.6. The average molecular weight is 436 g/mol. The lowest BCUT2D eigenvalue weighted by Gasteiger charge is -2.06. The van der Waals surface area contributed by atoms with Crippen molar-refractivity contribution >= 4 is 23.1 Å². The van der Waals surface area contributed by atoms with Gasteiger partial charge in [-0.05, 0) is 72.6 Å². The van der Waals surface area contributed by atoms with Crippen molar-refractivity contribution in [3.8, 4) is 23.0 Å². The molecule has 0 bridgehead atoms. The highest BCUT2D eigenvalue weighted by molar-refractivity contribution is 7.78. The molecule has 0 amide bonds. The van der Waals surface area contributed by atoms with Gasteiger partial charge in [-0.1, -0.05) is 49.8 Å². The van der Waals surface area contributed by atoms with E-state index in [2.05, 4.69) is 48.1 Å². The van der Waals surface area contributed by atoms with E-state index in [0.29, 0.717) is 5.56 Å². The lowest BCUT2D eigenvalue weighted by Crippen LogP contribution is -1.90. The smallest absolute Gasteiger partial charge is 0.153 e. The summed E-state index contributed by atoms with van der Waals surface area (Å²) < 4.78 is 42.7. The second-order valence-corrected chi connectivity index (χ2v) is 7.27. The third-order valence-corrected chi connectivity index (χ3v) is 4.92. The van der Waals surface area contributed by atoms with Crippen molar-refractivity contribution in [1.29, 1.82) is 0 Å². The summed E-state index contributed by atoms with van der Waals surface area (Å²) in [5, 5.41) is 1.92. The Bertz CT molecular complexity index is 1160. The van der Waals surface area contributed by atoms with E-state index >= 15 is 0 Å². The number of aryl methyl sites for hydroxylation is 1. The molecular formula is C26H20F3NS. The highest BCUT2D eigenvalue weighted by Gasteiger charge is 2.14. The van der Waals surface area contributed by atoms with Gasteiger partial charge in [-0.3, -0.25) is 0 Å². The molecule has 31 heavy (non-hydrogen) atoms. The minimum absolute atomic E-state index is 0.0639. The molecule has 0 aromatic heterocycles. The lowest BCUT2D eigenvalue weighted by molar-refractivity contribution is 0.588. The van der Waals surface area contributed by atoms with E-state index in [1.54, 1.807) is 6.07 Å². The maximum Gasteiger partial charge on any atom is 0.153 e. The van der Waals surface area contributed by atoms with Gasteiger partial charge < -0.3 is 0 Å². The molecule has 0 heterocycles. The van der Waals surface area contributed by atoms with Crippen molar-refractivity contribution in [2.75, 3.05) is 0 Å². The van der Waals surface area contributed by atoms with Crippen LogP contribution >= 0.6 is 12.2 Å². The zero-order chi connectivity index (χ0) is 22.2. The number of benzene rings is 3. The highest BCUT2D eigenvalue weighted by atomic mass is 32.1. The van der Waals surface area contributed by atoms with E-state index in [1.165, 1.54) is 37.0 Å². The highest BCUT2D eigenvalue weighted by Crippen LogP contribution is 2.30. The number of isothiocyanates is 1. The Kier molecular flexibility index (Phi) is 7.78. The zero-order valence-electron chi connectivity index (χ0n) is 17.0. The fraction of sp³-hybridized carbons (Fsp3) is 0.192. The summed E-state index contributed by atoms with van der Waals surface area (Å²) in [6.45, 7) is 2.18. The number of thiocarbonyl (C=S) groups is 1. The average Bonchev–Trinajstić information content (AvgIpc) is 2.76. The molecule has 0 spiro atoms. The molecular weight excluding hydrogens is 415 g/mol. The van der Waals surface area contributed by atoms with Gasteiger partial charge in [0.15, 0.2) is 11.6 Å². The van der Waals surface area contributed by atoms with Crippen LogP contribution in [0.15, 0.2) is 59.6 Å². The van der Waals surface area contributed by atoms with Crippen molar-refractivity contribution < 1.29 is 13.2 Å². The summed E-state index contributed by atoms with van der Waals surface area (Å²) in [4.78, 5) is 3.36. The summed E-state index contributed by atoms with van der Waals surface area (Å²) in [7, 11) is 0. The number of unbranched alkanes of at least 4 members (excludes halogenated alkanes) is 2. The lowest BCUT2D eigenvalue weighted by atomic mass is 10.0. The van der Waals surface area contributed by atoms with Crippen LogP contribution in [0, 0.1) is 29.3 Å². The molecule has 1 nitrogen and oxygen atoms in total. The van der Waals surface area contributed by atoms with Crippen LogP contribution in [-0.2, 0) is 6.42 Å². The second-order valence-electron chi connectivity index (χ2n) is 7.09. The number of rotatable bonds is 6. The van der Waals surface area contributed by atoms with Crippen molar-refractivity contribution in [3.05, 3.63) is 88.7 Å². The summed E-state index contributed by atoms with van der Waals surface area (Å²) in [5.74, 6) is 3.45. The fourth-order valence-corrected chi connectivity index (χ4v) is 3.27. The molecule has 5 heteroatoms. The van der Waals surface area contributed by atoms with Gasteiger partial charge in [-0.15, -0.1) is 0 Å². The van der Waals surface area contributed by atoms with E-state index in [4.69, 9.17) is 0 Å². The Morgan fingerprint density at radius 2 is 1.45 bits per heavy atom. The van der Waals surface area contributed by atoms with Gasteiger partial charge in [-0.25, -0.2) is 13.2 Å². The van der Waals surface area contributed by atoms with Gasteiger partial charge in [0, 0.05) is 16.7 Å². The molecule has 3 aromatic rings. The molecule has 0 saturated carbocycles. The van der Waals surface area contributed by atoms with Crippen molar-refractivity contribution in [2.45, 2.75) is 32.6 Å². The molecule has 0 N–H and O–H groups in total. The van der Waals surface area contributed by atoms with E-state index < -0.39 is 23.1 Å². The number of aliphatic imine (C=N–C) groups is 1. The van der Waals surface area contributed by atoms with Gasteiger partial charge in [0.2, 0.25) is 0 Å². The Morgan fingerprint density at radius 3 is 2.06 bits per heavy atom. The predicted octanol–water partition coefficient (Wildman–Crippen LogP) is 7.64. The van der Waals surface area contributed by atoms with Gasteiger partial charge in [0.05, 0.1) is 5.16 Å². The number of hydrogen-bond acceptors (Lipinski definition) is 2. The molecule has 0 radical (unpaired) electrons. The predicted molar refractivity (Wildman–Crippen MR) is 122 cm³/mol. The first-order valence-corrected chi connectivity index (χ1v) is 10.4. The number of halogens is 3. The van der Waals surface area contributed by atoms with Crippen LogP contribution in [0.1, 0.15) is 42.9 Å². The zero-order valence-corrected chi connectivity index (χ0v) is 17.8. The Labute approximate surface area is 185 Å². The van der Waals surface area contributed by atoms with Gasteiger partial charge in [0.25, 0.3) is 0 Å². The van der Waals surface area contributed by atoms with Crippen LogP contribution in [0.3, 0.4) is 0 Å². The van der Waals surface area contributed by atoms with Gasteiger partial charge >= 0.3 is 0 Å². The minimum atomic E-state index is -0.936. The summed E-state index contributed by atoms with van der Waals surface area (Å²) in [5.41, 5.74) is 2.17. The first-order valence-electron chi connectivity index (χ1n) is 9.99.